The first-order chi connectivity index (χ1) is 12.7. The van der Waals surface area contributed by atoms with Gasteiger partial charge >= 0.3 is 6.03 Å². The maximum Gasteiger partial charge on any atom is 0.320 e. The van der Waals surface area contributed by atoms with Crippen LogP contribution in [0.3, 0.4) is 0 Å². The van der Waals surface area contributed by atoms with Gasteiger partial charge in [-0.2, -0.15) is 0 Å². The van der Waals surface area contributed by atoms with Crippen molar-refractivity contribution in [2.24, 2.45) is 11.3 Å². The van der Waals surface area contributed by atoms with Gasteiger partial charge in [0.15, 0.2) is 0 Å². The molecule has 142 valence electrons. The Hall–Kier alpha value is -1.63. The number of urea groups is 1. The van der Waals surface area contributed by atoms with Gasteiger partial charge in [0.2, 0.25) is 0 Å². The molecule has 26 heavy (non-hydrogen) atoms. The van der Waals surface area contributed by atoms with Crippen LogP contribution in [0, 0.1) is 11.3 Å². The topological polar surface area (TPSA) is 56.2 Å². The van der Waals surface area contributed by atoms with Crippen LogP contribution in [-0.4, -0.2) is 84.9 Å². The largest absolute Gasteiger partial charge is 0.396 e. The number of aliphatic hydroxyl groups excluding tert-OH is 1. The standard InChI is InChI=1S/C20H29N3O3/c24-16-20-14-21(12-17-4-2-1-3-5-17)13-18(20)6-7-23(15-20)19(25)22-8-10-26-11-9-22/h1-5,18,24H,6-16H2/t18-,20-/m0/s1. The van der Waals surface area contributed by atoms with Crippen molar-refractivity contribution in [3.05, 3.63) is 35.9 Å². The number of aliphatic hydroxyl groups is 1. The van der Waals surface area contributed by atoms with E-state index in [0.29, 0.717) is 38.8 Å². The summed E-state index contributed by atoms with van der Waals surface area (Å²) in [6, 6.07) is 10.6. The number of carbonyl (C=O) groups excluding carboxylic acids is 1. The van der Waals surface area contributed by atoms with Crippen LogP contribution in [0.4, 0.5) is 4.79 Å². The molecule has 0 unspecified atom stereocenters. The highest BCUT2D eigenvalue weighted by Gasteiger charge is 2.50. The molecule has 0 bridgehead atoms. The van der Waals surface area contributed by atoms with E-state index in [4.69, 9.17) is 4.74 Å². The van der Waals surface area contributed by atoms with Gasteiger partial charge in [0.1, 0.15) is 0 Å². The van der Waals surface area contributed by atoms with E-state index >= 15 is 0 Å². The van der Waals surface area contributed by atoms with Gasteiger partial charge in [-0.1, -0.05) is 30.3 Å². The maximum atomic E-state index is 12.9. The number of fused-ring (bicyclic) bond motifs is 1. The molecule has 6 heteroatoms. The molecule has 1 aromatic rings. The summed E-state index contributed by atoms with van der Waals surface area (Å²) in [5.74, 6) is 0.463. The SMILES string of the molecule is O=C(N1CCOCC1)N1CC[C@H]2CN(Cc3ccccc3)C[C@@]2(CO)C1. The lowest BCUT2D eigenvalue weighted by Gasteiger charge is -2.45. The number of piperidine rings is 1. The van der Waals surface area contributed by atoms with E-state index in [-0.39, 0.29) is 18.1 Å². The zero-order chi connectivity index (χ0) is 18.0. The molecule has 0 spiro atoms. The molecule has 4 rings (SSSR count). The van der Waals surface area contributed by atoms with Gasteiger partial charge in [-0.25, -0.2) is 4.79 Å². The Balaban J connectivity index is 1.42. The van der Waals surface area contributed by atoms with Gasteiger partial charge in [-0.15, -0.1) is 0 Å². The summed E-state index contributed by atoms with van der Waals surface area (Å²) in [5.41, 5.74) is 1.12. The highest BCUT2D eigenvalue weighted by Crippen LogP contribution is 2.42. The van der Waals surface area contributed by atoms with E-state index in [0.717, 1.165) is 32.6 Å². The average Bonchev–Trinajstić information content (AvgIpc) is 3.06. The highest BCUT2D eigenvalue weighted by molar-refractivity contribution is 5.74. The number of morpholine rings is 1. The number of ether oxygens (including phenoxy) is 1. The van der Waals surface area contributed by atoms with Gasteiger partial charge in [-0.05, 0) is 17.9 Å². The molecule has 3 aliphatic rings. The zero-order valence-corrected chi connectivity index (χ0v) is 15.3. The number of carbonyl (C=O) groups is 1. The number of hydrogen-bond acceptors (Lipinski definition) is 4. The number of rotatable bonds is 3. The lowest BCUT2D eigenvalue weighted by atomic mass is 9.74. The van der Waals surface area contributed by atoms with Crippen LogP contribution in [0.2, 0.25) is 0 Å². The second-order valence-electron chi connectivity index (χ2n) is 7.96. The van der Waals surface area contributed by atoms with Crippen molar-refractivity contribution in [1.29, 1.82) is 0 Å². The minimum absolute atomic E-state index is 0.112. The van der Waals surface area contributed by atoms with Crippen LogP contribution >= 0.6 is 0 Å². The van der Waals surface area contributed by atoms with Crippen molar-refractivity contribution in [3.63, 3.8) is 0 Å². The lowest BCUT2D eigenvalue weighted by Crippen LogP contribution is -2.57. The first-order valence-electron chi connectivity index (χ1n) is 9.69. The van der Waals surface area contributed by atoms with E-state index in [2.05, 4.69) is 29.2 Å². The van der Waals surface area contributed by atoms with E-state index in [9.17, 15) is 9.90 Å². The molecule has 0 radical (unpaired) electrons. The van der Waals surface area contributed by atoms with Crippen LogP contribution in [0.15, 0.2) is 30.3 Å². The van der Waals surface area contributed by atoms with Crippen LogP contribution in [0.1, 0.15) is 12.0 Å². The van der Waals surface area contributed by atoms with Gasteiger partial charge in [0, 0.05) is 51.2 Å². The molecule has 3 fully saturated rings. The van der Waals surface area contributed by atoms with E-state index < -0.39 is 0 Å². The second-order valence-corrected chi connectivity index (χ2v) is 7.96. The Labute approximate surface area is 155 Å². The third kappa shape index (κ3) is 3.46. The lowest BCUT2D eigenvalue weighted by molar-refractivity contribution is 0.00462. The fraction of sp³-hybridized carbons (Fsp3) is 0.650. The Kier molecular flexibility index (Phi) is 5.16. The van der Waals surface area contributed by atoms with Crippen LogP contribution in [0.25, 0.3) is 0 Å². The third-order valence-corrected chi connectivity index (χ3v) is 6.25. The van der Waals surface area contributed by atoms with Gasteiger partial charge < -0.3 is 19.6 Å². The molecule has 3 aliphatic heterocycles. The minimum atomic E-state index is -0.186. The summed E-state index contributed by atoms with van der Waals surface area (Å²) >= 11 is 0. The Bertz CT molecular complexity index is 620. The summed E-state index contributed by atoms with van der Waals surface area (Å²) in [5, 5.41) is 10.2. The van der Waals surface area contributed by atoms with Crippen molar-refractivity contribution < 1.29 is 14.6 Å². The molecule has 2 atom stereocenters. The molecule has 1 N–H and O–H groups in total. The van der Waals surface area contributed by atoms with Crippen LogP contribution < -0.4 is 0 Å². The Morgan fingerprint density at radius 3 is 2.62 bits per heavy atom. The number of benzene rings is 1. The third-order valence-electron chi connectivity index (χ3n) is 6.25. The van der Waals surface area contributed by atoms with Crippen molar-refractivity contribution in [2.45, 2.75) is 13.0 Å². The fourth-order valence-corrected chi connectivity index (χ4v) is 4.80. The molecule has 1 aromatic carbocycles. The van der Waals surface area contributed by atoms with E-state index in [1.807, 2.05) is 15.9 Å². The molecule has 0 aromatic heterocycles. The molecule has 0 aliphatic carbocycles. The molecular formula is C20H29N3O3. The number of nitrogens with zero attached hydrogens (tertiary/aromatic N) is 3. The summed E-state index contributed by atoms with van der Waals surface area (Å²) in [4.78, 5) is 19.2. The molecule has 3 heterocycles. The number of likely N-dealkylation sites (tertiary alicyclic amines) is 2. The molecule has 3 saturated heterocycles. The normalized spacial score (nSPS) is 29.7. The smallest absolute Gasteiger partial charge is 0.320 e. The maximum absolute atomic E-state index is 12.9. The van der Waals surface area contributed by atoms with E-state index in [1.165, 1.54) is 5.56 Å². The summed E-state index contributed by atoms with van der Waals surface area (Å²) in [6.45, 7) is 6.97. The van der Waals surface area contributed by atoms with Crippen molar-refractivity contribution in [1.82, 2.24) is 14.7 Å². The van der Waals surface area contributed by atoms with Gasteiger partial charge in [0.25, 0.3) is 0 Å². The number of amides is 2. The Morgan fingerprint density at radius 1 is 1.12 bits per heavy atom. The Morgan fingerprint density at radius 2 is 1.88 bits per heavy atom. The molecule has 6 nitrogen and oxygen atoms in total. The van der Waals surface area contributed by atoms with Crippen LogP contribution in [0.5, 0.6) is 0 Å². The predicted molar refractivity (Wildman–Crippen MR) is 98.7 cm³/mol. The van der Waals surface area contributed by atoms with Gasteiger partial charge in [0.05, 0.1) is 19.8 Å². The van der Waals surface area contributed by atoms with Crippen LogP contribution in [-0.2, 0) is 11.3 Å². The summed E-state index contributed by atoms with van der Waals surface area (Å²) in [6.07, 6.45) is 0.974. The van der Waals surface area contributed by atoms with Crippen molar-refractivity contribution >= 4 is 6.03 Å². The average molecular weight is 359 g/mol. The summed E-state index contributed by atoms with van der Waals surface area (Å²) < 4.78 is 5.36. The van der Waals surface area contributed by atoms with Crippen molar-refractivity contribution in [3.8, 4) is 0 Å². The zero-order valence-electron chi connectivity index (χ0n) is 15.3. The monoisotopic (exact) mass is 359 g/mol. The first-order valence-corrected chi connectivity index (χ1v) is 9.69. The quantitative estimate of drug-likeness (QED) is 0.883. The highest BCUT2D eigenvalue weighted by atomic mass is 16.5. The summed E-state index contributed by atoms with van der Waals surface area (Å²) in [7, 11) is 0. The predicted octanol–water partition coefficient (Wildman–Crippen LogP) is 1.25. The second kappa shape index (κ2) is 7.55. The first kappa shape index (κ1) is 17.8. The fourth-order valence-electron chi connectivity index (χ4n) is 4.80. The van der Waals surface area contributed by atoms with E-state index in [1.54, 1.807) is 0 Å². The molecular weight excluding hydrogens is 330 g/mol. The number of hydrogen-bond donors (Lipinski definition) is 1. The molecule has 0 saturated carbocycles. The minimum Gasteiger partial charge on any atom is -0.396 e. The molecule has 2 amide bonds. The van der Waals surface area contributed by atoms with Gasteiger partial charge in [-0.3, -0.25) is 4.90 Å². The van der Waals surface area contributed by atoms with Crippen molar-refractivity contribution in [2.75, 3.05) is 59.1 Å².